The maximum Gasteiger partial charge on any atom is 0.328 e. The van der Waals surface area contributed by atoms with E-state index in [9.17, 15) is 14.0 Å². The van der Waals surface area contributed by atoms with Crippen LogP contribution >= 0.6 is 0 Å². The van der Waals surface area contributed by atoms with Gasteiger partial charge in [0.05, 0.1) is 6.61 Å². The highest BCUT2D eigenvalue weighted by Gasteiger charge is 2.17. The Morgan fingerprint density at radius 2 is 2.06 bits per heavy atom. The van der Waals surface area contributed by atoms with Gasteiger partial charge < -0.3 is 4.74 Å². The summed E-state index contributed by atoms with van der Waals surface area (Å²) in [5.74, 6) is -0.648. The monoisotopic (exact) mass is 255 g/mol. The first-order chi connectivity index (χ1) is 8.41. The van der Waals surface area contributed by atoms with Crippen molar-refractivity contribution < 1.29 is 13.9 Å². The van der Waals surface area contributed by atoms with Crippen molar-refractivity contribution >= 4 is 5.97 Å². The highest BCUT2D eigenvalue weighted by atomic mass is 19.1. The molecule has 0 N–H and O–H groups in total. The molecule has 0 radical (unpaired) electrons. The zero-order chi connectivity index (χ0) is 13.7. The molecular formula is C13H18FNO3. The highest BCUT2D eigenvalue weighted by molar-refractivity contribution is 5.73. The summed E-state index contributed by atoms with van der Waals surface area (Å²) in [6.07, 6.45) is 1.77. The fraction of sp³-hybridized carbons (Fsp3) is 0.538. The summed E-state index contributed by atoms with van der Waals surface area (Å²) in [6.45, 7) is 5.87. The van der Waals surface area contributed by atoms with Crippen molar-refractivity contribution in [1.82, 2.24) is 4.57 Å². The van der Waals surface area contributed by atoms with E-state index in [4.69, 9.17) is 4.74 Å². The van der Waals surface area contributed by atoms with Crippen molar-refractivity contribution in [3.8, 4) is 0 Å². The molecule has 1 aromatic heterocycles. The van der Waals surface area contributed by atoms with Gasteiger partial charge in [0, 0.05) is 12.3 Å². The summed E-state index contributed by atoms with van der Waals surface area (Å²) in [5, 5.41) is 0. The molecule has 5 heteroatoms. The van der Waals surface area contributed by atoms with E-state index in [0.717, 1.165) is 29.3 Å². The van der Waals surface area contributed by atoms with Crippen LogP contribution in [-0.2, 0) is 9.53 Å². The Morgan fingerprint density at radius 1 is 1.39 bits per heavy atom. The first-order valence-electron chi connectivity index (χ1n) is 5.96. The molecule has 1 heterocycles. The minimum atomic E-state index is -0.819. The predicted molar refractivity (Wildman–Crippen MR) is 65.8 cm³/mol. The molecule has 1 aromatic rings. The van der Waals surface area contributed by atoms with Crippen molar-refractivity contribution in [3.63, 3.8) is 0 Å². The van der Waals surface area contributed by atoms with Gasteiger partial charge in [-0.2, -0.15) is 0 Å². The number of halogens is 1. The number of nitrogens with zero attached hydrogens (tertiary/aromatic N) is 1. The molecular weight excluding hydrogens is 237 g/mol. The topological polar surface area (TPSA) is 48.3 Å². The van der Waals surface area contributed by atoms with E-state index in [1.54, 1.807) is 0 Å². The van der Waals surface area contributed by atoms with Gasteiger partial charge in [0.2, 0.25) is 0 Å². The zero-order valence-electron chi connectivity index (χ0n) is 10.9. The van der Waals surface area contributed by atoms with Crippen molar-refractivity contribution in [2.24, 2.45) is 5.92 Å². The first kappa shape index (κ1) is 14.4. The molecule has 0 amide bonds. The molecule has 0 aromatic carbocycles. The molecule has 0 fully saturated rings. The lowest BCUT2D eigenvalue weighted by atomic mass is 10.1. The number of hydrogen-bond donors (Lipinski definition) is 0. The Bertz CT molecular complexity index is 468. The maximum atomic E-state index is 13.0. The summed E-state index contributed by atoms with van der Waals surface area (Å²) >= 11 is 0. The fourth-order valence-corrected chi connectivity index (χ4v) is 1.41. The molecule has 0 saturated carbocycles. The molecule has 1 unspecified atom stereocenters. The minimum Gasteiger partial charge on any atom is -0.464 e. The van der Waals surface area contributed by atoms with Crippen LogP contribution in [-0.4, -0.2) is 17.1 Å². The van der Waals surface area contributed by atoms with Crippen molar-refractivity contribution in [2.75, 3.05) is 6.61 Å². The van der Waals surface area contributed by atoms with Crippen LogP contribution in [0, 0.1) is 11.7 Å². The van der Waals surface area contributed by atoms with Crippen molar-refractivity contribution in [2.45, 2.75) is 33.2 Å². The summed E-state index contributed by atoms with van der Waals surface area (Å²) < 4.78 is 19.1. The van der Waals surface area contributed by atoms with Gasteiger partial charge in [0.25, 0.3) is 5.56 Å². The predicted octanol–water partition coefficient (Wildman–Crippen LogP) is 2.14. The van der Waals surface area contributed by atoms with Gasteiger partial charge >= 0.3 is 5.97 Å². The minimum absolute atomic E-state index is 0.310. The molecule has 100 valence electrons. The van der Waals surface area contributed by atoms with Gasteiger partial charge in [0.1, 0.15) is 11.9 Å². The van der Waals surface area contributed by atoms with Gasteiger partial charge in [0.15, 0.2) is 0 Å². The summed E-state index contributed by atoms with van der Waals surface area (Å²) in [4.78, 5) is 23.2. The SMILES string of the molecule is CC(C)CCOC(=O)C(C)n1cc(F)ccc1=O. The first-order valence-corrected chi connectivity index (χ1v) is 5.96. The number of carbonyl (C=O) groups is 1. The van der Waals surface area contributed by atoms with Gasteiger partial charge in [-0.15, -0.1) is 0 Å². The third-order valence-electron chi connectivity index (χ3n) is 2.60. The van der Waals surface area contributed by atoms with Crippen molar-refractivity contribution in [1.29, 1.82) is 0 Å². The van der Waals surface area contributed by atoms with Crippen LogP contribution in [0.5, 0.6) is 0 Å². The molecule has 0 aliphatic heterocycles. The van der Waals surface area contributed by atoms with Crippen LogP contribution in [0.3, 0.4) is 0 Å². The number of esters is 1. The second-order valence-corrected chi connectivity index (χ2v) is 4.62. The standard InChI is InChI=1S/C13H18FNO3/c1-9(2)6-7-18-13(17)10(3)15-8-11(14)4-5-12(15)16/h4-5,8-10H,6-7H2,1-3H3. The average molecular weight is 255 g/mol. The number of aromatic nitrogens is 1. The summed E-state index contributed by atoms with van der Waals surface area (Å²) in [7, 11) is 0. The maximum absolute atomic E-state index is 13.0. The molecule has 0 spiro atoms. The number of ether oxygens (including phenoxy) is 1. The van der Waals surface area contributed by atoms with Crippen LogP contribution in [0.1, 0.15) is 33.2 Å². The van der Waals surface area contributed by atoms with Gasteiger partial charge in [-0.25, -0.2) is 9.18 Å². The third-order valence-corrected chi connectivity index (χ3v) is 2.60. The highest BCUT2D eigenvalue weighted by Crippen LogP contribution is 2.07. The molecule has 1 rings (SSSR count). The summed E-state index contributed by atoms with van der Waals surface area (Å²) in [6, 6.07) is 1.34. The van der Waals surface area contributed by atoms with Crippen LogP contribution in [0.15, 0.2) is 23.1 Å². The molecule has 4 nitrogen and oxygen atoms in total. The van der Waals surface area contributed by atoms with Crippen molar-refractivity contribution in [3.05, 3.63) is 34.5 Å². The largest absolute Gasteiger partial charge is 0.464 e. The average Bonchev–Trinajstić information content (AvgIpc) is 2.30. The normalized spacial score (nSPS) is 12.5. The summed E-state index contributed by atoms with van der Waals surface area (Å²) in [5.41, 5.74) is -0.426. The van der Waals surface area contributed by atoms with E-state index in [1.165, 1.54) is 6.92 Å². The Hall–Kier alpha value is -1.65. The molecule has 0 saturated heterocycles. The molecule has 1 atom stereocenters. The molecule has 0 bridgehead atoms. The van der Waals surface area contributed by atoms with E-state index in [0.29, 0.717) is 12.5 Å². The lowest BCUT2D eigenvalue weighted by molar-refractivity contribution is -0.147. The Morgan fingerprint density at radius 3 is 2.67 bits per heavy atom. The van der Waals surface area contributed by atoms with E-state index in [1.807, 2.05) is 13.8 Å². The van der Waals surface area contributed by atoms with Gasteiger partial charge in [-0.05, 0) is 25.3 Å². The third kappa shape index (κ3) is 3.98. The Labute approximate surface area is 105 Å². The van der Waals surface area contributed by atoms with E-state index in [2.05, 4.69) is 0 Å². The second kappa shape index (κ2) is 6.33. The smallest absolute Gasteiger partial charge is 0.328 e. The molecule has 0 aliphatic carbocycles. The number of rotatable bonds is 5. The van der Waals surface area contributed by atoms with E-state index >= 15 is 0 Å². The number of hydrogen-bond acceptors (Lipinski definition) is 3. The lowest BCUT2D eigenvalue weighted by Crippen LogP contribution is -2.29. The lowest BCUT2D eigenvalue weighted by Gasteiger charge is -2.14. The fourth-order valence-electron chi connectivity index (χ4n) is 1.41. The number of pyridine rings is 1. The zero-order valence-corrected chi connectivity index (χ0v) is 10.9. The van der Waals surface area contributed by atoms with E-state index in [-0.39, 0.29) is 0 Å². The second-order valence-electron chi connectivity index (χ2n) is 4.62. The van der Waals surface area contributed by atoms with Gasteiger partial charge in [-0.3, -0.25) is 9.36 Å². The Kier molecular flexibility index (Phi) is 5.07. The van der Waals surface area contributed by atoms with Gasteiger partial charge in [-0.1, -0.05) is 13.8 Å². The van der Waals surface area contributed by atoms with E-state index < -0.39 is 23.4 Å². The van der Waals surface area contributed by atoms with Crippen LogP contribution in [0.4, 0.5) is 4.39 Å². The number of carbonyl (C=O) groups excluding carboxylic acids is 1. The Balaban J connectivity index is 2.68. The molecule has 0 aliphatic rings. The van der Waals surface area contributed by atoms with Crippen LogP contribution in [0.25, 0.3) is 0 Å². The molecule has 18 heavy (non-hydrogen) atoms. The van der Waals surface area contributed by atoms with Crippen LogP contribution in [0.2, 0.25) is 0 Å². The quantitative estimate of drug-likeness (QED) is 0.757. The van der Waals surface area contributed by atoms with Crippen LogP contribution < -0.4 is 5.56 Å².